The zero-order chi connectivity index (χ0) is 19.3. The van der Waals surface area contributed by atoms with Crippen LogP contribution in [0.3, 0.4) is 0 Å². The number of H-pyrrole nitrogens is 1. The maximum atomic E-state index is 13.6. The molecule has 5 rings (SSSR count). The molecule has 140 valence electrons. The standard InChI is InChI=1S/C21H17FN4S2/c1-12-20(28-21(23-12)26-8-9-27-13(26)2)15-6-7-17-18(11-15)24-25-19(17)14-4-3-5-16(22)10-14/h3-11,13H,1-2H3,(H,24,25). The van der Waals surface area contributed by atoms with Crippen molar-refractivity contribution in [2.45, 2.75) is 19.2 Å². The van der Waals surface area contributed by atoms with Gasteiger partial charge in [-0.25, -0.2) is 9.37 Å². The Balaban J connectivity index is 1.55. The fraction of sp³-hybridized carbons (Fsp3) is 0.143. The van der Waals surface area contributed by atoms with Crippen molar-refractivity contribution >= 4 is 39.1 Å². The van der Waals surface area contributed by atoms with E-state index in [0.717, 1.165) is 43.4 Å². The molecule has 0 radical (unpaired) electrons. The van der Waals surface area contributed by atoms with Crippen molar-refractivity contribution in [2.24, 2.45) is 0 Å². The Morgan fingerprint density at radius 3 is 2.82 bits per heavy atom. The van der Waals surface area contributed by atoms with E-state index in [9.17, 15) is 4.39 Å². The number of aromatic amines is 1. The van der Waals surface area contributed by atoms with Crippen molar-refractivity contribution in [1.29, 1.82) is 0 Å². The van der Waals surface area contributed by atoms with E-state index >= 15 is 0 Å². The first-order valence-electron chi connectivity index (χ1n) is 8.92. The van der Waals surface area contributed by atoms with Crippen LogP contribution in [0.1, 0.15) is 12.6 Å². The van der Waals surface area contributed by atoms with Crippen LogP contribution in [0.15, 0.2) is 54.1 Å². The smallest absolute Gasteiger partial charge is 0.191 e. The number of anilines is 1. The molecule has 3 heterocycles. The number of nitrogens with zero attached hydrogens (tertiary/aromatic N) is 3. The molecule has 0 saturated carbocycles. The van der Waals surface area contributed by atoms with Crippen LogP contribution in [0.25, 0.3) is 32.6 Å². The molecule has 1 aliphatic rings. The Hall–Kier alpha value is -2.64. The Morgan fingerprint density at radius 2 is 2.04 bits per heavy atom. The highest BCUT2D eigenvalue weighted by molar-refractivity contribution is 8.03. The number of rotatable bonds is 3. The fourth-order valence-corrected chi connectivity index (χ4v) is 5.32. The number of aryl methyl sites for hydroxylation is 1. The molecule has 0 spiro atoms. The molecule has 1 unspecified atom stereocenters. The van der Waals surface area contributed by atoms with E-state index in [2.05, 4.69) is 45.8 Å². The molecule has 1 aliphatic heterocycles. The molecule has 2 aromatic heterocycles. The highest BCUT2D eigenvalue weighted by Gasteiger charge is 2.21. The van der Waals surface area contributed by atoms with E-state index in [4.69, 9.17) is 4.98 Å². The van der Waals surface area contributed by atoms with Crippen molar-refractivity contribution in [1.82, 2.24) is 15.2 Å². The van der Waals surface area contributed by atoms with Crippen LogP contribution in [0, 0.1) is 12.7 Å². The molecule has 2 aromatic carbocycles. The van der Waals surface area contributed by atoms with Gasteiger partial charge in [-0.1, -0.05) is 29.5 Å². The maximum Gasteiger partial charge on any atom is 0.191 e. The monoisotopic (exact) mass is 408 g/mol. The fourth-order valence-electron chi connectivity index (χ4n) is 3.40. The second-order valence-corrected chi connectivity index (χ2v) is 8.89. The topological polar surface area (TPSA) is 44.8 Å². The third-order valence-electron chi connectivity index (χ3n) is 4.82. The van der Waals surface area contributed by atoms with Crippen LogP contribution in [0.5, 0.6) is 0 Å². The van der Waals surface area contributed by atoms with E-state index < -0.39 is 0 Å². The van der Waals surface area contributed by atoms with Crippen molar-refractivity contribution < 1.29 is 4.39 Å². The van der Waals surface area contributed by atoms with Gasteiger partial charge in [-0.3, -0.25) is 5.10 Å². The van der Waals surface area contributed by atoms with Gasteiger partial charge in [0.15, 0.2) is 5.13 Å². The summed E-state index contributed by atoms with van der Waals surface area (Å²) < 4.78 is 13.6. The molecule has 4 nitrogen and oxygen atoms in total. The predicted octanol–water partition coefficient (Wildman–Crippen LogP) is 6.17. The second-order valence-electron chi connectivity index (χ2n) is 6.68. The largest absolute Gasteiger partial charge is 0.311 e. The SMILES string of the molecule is Cc1nc(N2C=CSC2C)sc1-c1ccc2c(-c3cccc(F)c3)n[nH]c2c1. The summed E-state index contributed by atoms with van der Waals surface area (Å²) in [6, 6.07) is 12.7. The van der Waals surface area contributed by atoms with Crippen molar-refractivity contribution in [3.05, 3.63) is 65.6 Å². The molecule has 1 N–H and O–H groups in total. The number of benzene rings is 2. The first-order valence-corrected chi connectivity index (χ1v) is 10.7. The highest BCUT2D eigenvalue weighted by atomic mass is 32.2. The molecular weight excluding hydrogens is 391 g/mol. The lowest BCUT2D eigenvalue weighted by Gasteiger charge is -2.17. The van der Waals surface area contributed by atoms with Gasteiger partial charge in [0.25, 0.3) is 0 Å². The van der Waals surface area contributed by atoms with E-state index in [1.165, 1.54) is 12.1 Å². The molecule has 0 saturated heterocycles. The Bertz CT molecular complexity index is 1210. The maximum absolute atomic E-state index is 13.6. The molecule has 0 amide bonds. The van der Waals surface area contributed by atoms with Crippen LogP contribution in [0.4, 0.5) is 9.52 Å². The Kier molecular flexibility index (Phi) is 4.21. The van der Waals surface area contributed by atoms with Gasteiger partial charge in [-0.15, -0.1) is 11.8 Å². The van der Waals surface area contributed by atoms with Crippen LogP contribution in [-0.2, 0) is 0 Å². The summed E-state index contributed by atoms with van der Waals surface area (Å²) >= 11 is 3.48. The van der Waals surface area contributed by atoms with Gasteiger partial charge >= 0.3 is 0 Å². The molecule has 28 heavy (non-hydrogen) atoms. The quantitative estimate of drug-likeness (QED) is 0.440. The van der Waals surface area contributed by atoms with E-state index in [1.54, 1.807) is 29.2 Å². The predicted molar refractivity (Wildman–Crippen MR) is 116 cm³/mol. The number of hydrogen-bond acceptors (Lipinski definition) is 5. The van der Waals surface area contributed by atoms with Gasteiger partial charge in [0, 0.05) is 17.1 Å². The first kappa shape index (κ1) is 17.5. The number of halogens is 1. The number of hydrogen-bond donors (Lipinski definition) is 1. The van der Waals surface area contributed by atoms with Crippen LogP contribution >= 0.6 is 23.1 Å². The third kappa shape index (κ3) is 2.91. The normalized spacial score (nSPS) is 16.4. The number of thioether (sulfide) groups is 1. The lowest BCUT2D eigenvalue weighted by atomic mass is 10.1. The summed E-state index contributed by atoms with van der Waals surface area (Å²) in [6.45, 7) is 4.22. The van der Waals surface area contributed by atoms with Gasteiger partial charge in [-0.05, 0) is 49.1 Å². The Morgan fingerprint density at radius 1 is 1.14 bits per heavy atom. The van der Waals surface area contributed by atoms with E-state index in [0.29, 0.717) is 5.37 Å². The minimum absolute atomic E-state index is 0.263. The summed E-state index contributed by atoms with van der Waals surface area (Å²) in [7, 11) is 0. The van der Waals surface area contributed by atoms with Gasteiger partial charge in [0.05, 0.1) is 27.2 Å². The van der Waals surface area contributed by atoms with Crippen molar-refractivity contribution in [2.75, 3.05) is 4.90 Å². The van der Waals surface area contributed by atoms with Crippen molar-refractivity contribution in [3.8, 4) is 21.7 Å². The minimum Gasteiger partial charge on any atom is -0.311 e. The highest BCUT2D eigenvalue weighted by Crippen LogP contribution is 2.40. The van der Waals surface area contributed by atoms with Crippen LogP contribution in [-0.4, -0.2) is 20.6 Å². The van der Waals surface area contributed by atoms with Gasteiger partial charge in [-0.2, -0.15) is 5.10 Å². The van der Waals surface area contributed by atoms with Crippen LogP contribution < -0.4 is 4.90 Å². The summed E-state index contributed by atoms with van der Waals surface area (Å²) in [6.07, 6.45) is 2.08. The minimum atomic E-state index is -0.263. The molecule has 4 aromatic rings. The molecular formula is C21H17FN4S2. The summed E-state index contributed by atoms with van der Waals surface area (Å²) in [4.78, 5) is 8.12. The molecule has 0 fully saturated rings. The van der Waals surface area contributed by atoms with Crippen LogP contribution in [0.2, 0.25) is 0 Å². The van der Waals surface area contributed by atoms with Gasteiger partial charge in [0.2, 0.25) is 0 Å². The lowest BCUT2D eigenvalue weighted by molar-refractivity contribution is 0.628. The second kappa shape index (κ2) is 6.76. The summed E-state index contributed by atoms with van der Waals surface area (Å²) in [5, 5.41) is 12.0. The Labute approximate surface area is 170 Å². The number of fused-ring (bicyclic) bond motifs is 1. The zero-order valence-electron chi connectivity index (χ0n) is 15.3. The number of aromatic nitrogens is 3. The van der Waals surface area contributed by atoms with Gasteiger partial charge in [0.1, 0.15) is 5.82 Å². The summed E-state index contributed by atoms with van der Waals surface area (Å²) in [5.74, 6) is -0.263. The molecule has 7 heteroatoms. The van der Waals surface area contributed by atoms with E-state index in [-0.39, 0.29) is 5.82 Å². The number of thiazole rings is 1. The van der Waals surface area contributed by atoms with Gasteiger partial charge < -0.3 is 4.90 Å². The first-order chi connectivity index (χ1) is 13.6. The summed E-state index contributed by atoms with van der Waals surface area (Å²) in [5.41, 5.74) is 4.57. The third-order valence-corrected chi connectivity index (χ3v) is 6.94. The average molecular weight is 409 g/mol. The van der Waals surface area contributed by atoms with Crippen molar-refractivity contribution in [3.63, 3.8) is 0 Å². The zero-order valence-corrected chi connectivity index (χ0v) is 16.9. The number of nitrogens with one attached hydrogen (secondary N) is 1. The average Bonchev–Trinajstić information content (AvgIpc) is 3.39. The molecule has 1 atom stereocenters. The van der Waals surface area contributed by atoms with E-state index in [1.807, 2.05) is 19.1 Å². The molecule has 0 aliphatic carbocycles. The molecule has 0 bridgehead atoms. The lowest BCUT2D eigenvalue weighted by Crippen LogP contribution is -2.20.